The zero-order valence-electron chi connectivity index (χ0n) is 9.81. The molecule has 2 N–H and O–H groups in total. The van der Waals surface area contributed by atoms with E-state index in [0.717, 1.165) is 5.56 Å². The zero-order valence-corrected chi connectivity index (χ0v) is 9.81. The van der Waals surface area contributed by atoms with Crippen LogP contribution in [0.15, 0.2) is 30.3 Å². The molecule has 0 radical (unpaired) electrons. The second-order valence-corrected chi connectivity index (χ2v) is 4.09. The number of amides is 1. The third kappa shape index (κ3) is 3.58. The van der Waals surface area contributed by atoms with Crippen molar-refractivity contribution >= 4 is 5.91 Å². The number of carbonyl (C=O) groups excluding carboxylic acids is 1. The van der Waals surface area contributed by atoms with Crippen LogP contribution in [-0.2, 0) is 11.2 Å². The second kappa shape index (κ2) is 6.02. The van der Waals surface area contributed by atoms with Crippen LogP contribution in [0.25, 0.3) is 0 Å². The number of rotatable bonds is 5. The van der Waals surface area contributed by atoms with Gasteiger partial charge in [0.2, 0.25) is 5.91 Å². The highest BCUT2D eigenvalue weighted by Gasteiger charge is 2.32. The van der Waals surface area contributed by atoms with Gasteiger partial charge in [0, 0.05) is 6.54 Å². The Morgan fingerprint density at radius 3 is 2.65 bits per heavy atom. The quantitative estimate of drug-likeness (QED) is 0.791. The summed E-state index contributed by atoms with van der Waals surface area (Å²) in [7, 11) is 0. The molecule has 0 aliphatic heterocycles. The number of nitrogens with zero attached hydrogens (tertiary/aromatic N) is 1. The van der Waals surface area contributed by atoms with Crippen molar-refractivity contribution in [3.8, 4) is 6.07 Å². The molecule has 1 aromatic carbocycles. The first-order valence-corrected chi connectivity index (χ1v) is 5.47. The van der Waals surface area contributed by atoms with Gasteiger partial charge >= 0.3 is 0 Å². The molecule has 0 heterocycles. The molecule has 1 atom stereocenters. The average molecular weight is 232 g/mol. The van der Waals surface area contributed by atoms with Crippen LogP contribution in [0.4, 0.5) is 0 Å². The van der Waals surface area contributed by atoms with Crippen LogP contribution in [0.1, 0.15) is 12.5 Å². The SMILES string of the molecule is CC(C#N)(CO)C(=O)NCCc1ccccc1. The molecule has 1 rings (SSSR count). The Kier molecular flexibility index (Phi) is 4.68. The molecule has 1 aromatic rings. The van der Waals surface area contributed by atoms with Gasteiger partial charge in [-0.25, -0.2) is 0 Å². The normalized spacial score (nSPS) is 13.5. The van der Waals surface area contributed by atoms with Gasteiger partial charge in [-0.1, -0.05) is 30.3 Å². The topological polar surface area (TPSA) is 73.1 Å². The third-order valence-corrected chi connectivity index (χ3v) is 2.61. The summed E-state index contributed by atoms with van der Waals surface area (Å²) in [4.78, 5) is 11.6. The standard InChI is InChI=1S/C13H16N2O2/c1-13(9-14,10-16)12(17)15-8-7-11-5-3-2-4-6-11/h2-6,16H,7-8,10H2,1H3,(H,15,17). The van der Waals surface area contributed by atoms with Crippen molar-refractivity contribution in [2.45, 2.75) is 13.3 Å². The van der Waals surface area contributed by atoms with E-state index in [1.54, 1.807) is 0 Å². The summed E-state index contributed by atoms with van der Waals surface area (Å²) in [5.74, 6) is -0.432. The largest absolute Gasteiger partial charge is 0.394 e. The molecule has 0 saturated carbocycles. The van der Waals surface area contributed by atoms with E-state index in [0.29, 0.717) is 13.0 Å². The van der Waals surface area contributed by atoms with Gasteiger partial charge < -0.3 is 10.4 Å². The van der Waals surface area contributed by atoms with Crippen LogP contribution in [0, 0.1) is 16.7 Å². The fraction of sp³-hybridized carbons (Fsp3) is 0.385. The first kappa shape index (κ1) is 13.2. The minimum Gasteiger partial charge on any atom is -0.394 e. The van der Waals surface area contributed by atoms with Crippen molar-refractivity contribution in [2.24, 2.45) is 5.41 Å². The van der Waals surface area contributed by atoms with Crippen LogP contribution < -0.4 is 5.32 Å². The van der Waals surface area contributed by atoms with Gasteiger partial charge in [-0.2, -0.15) is 5.26 Å². The molecule has 1 unspecified atom stereocenters. The monoisotopic (exact) mass is 232 g/mol. The summed E-state index contributed by atoms with van der Waals surface area (Å²) in [6, 6.07) is 11.6. The molecule has 1 amide bonds. The van der Waals surface area contributed by atoms with Crippen LogP contribution in [0.2, 0.25) is 0 Å². The number of nitriles is 1. The summed E-state index contributed by atoms with van der Waals surface area (Å²) in [6.07, 6.45) is 0.708. The van der Waals surface area contributed by atoms with E-state index >= 15 is 0 Å². The number of carbonyl (C=O) groups is 1. The lowest BCUT2D eigenvalue weighted by molar-refractivity contribution is -0.129. The highest BCUT2D eigenvalue weighted by Crippen LogP contribution is 2.13. The number of aliphatic hydroxyl groups excluding tert-OH is 1. The second-order valence-electron chi connectivity index (χ2n) is 4.09. The van der Waals surface area contributed by atoms with Crippen molar-refractivity contribution in [1.29, 1.82) is 5.26 Å². The molecule has 0 saturated heterocycles. The minimum atomic E-state index is -1.35. The first-order chi connectivity index (χ1) is 8.12. The molecule has 4 heteroatoms. The Morgan fingerprint density at radius 2 is 2.12 bits per heavy atom. The molecule has 0 aliphatic rings. The molecule has 17 heavy (non-hydrogen) atoms. The van der Waals surface area contributed by atoms with Crippen LogP contribution in [0.3, 0.4) is 0 Å². The van der Waals surface area contributed by atoms with Gasteiger partial charge in [0.1, 0.15) is 0 Å². The number of benzene rings is 1. The van der Waals surface area contributed by atoms with Crippen LogP contribution in [0.5, 0.6) is 0 Å². The van der Waals surface area contributed by atoms with Gasteiger partial charge in [-0.15, -0.1) is 0 Å². The maximum Gasteiger partial charge on any atom is 0.242 e. The Morgan fingerprint density at radius 1 is 1.47 bits per heavy atom. The molecular weight excluding hydrogens is 216 g/mol. The minimum absolute atomic E-state index is 0.432. The lowest BCUT2D eigenvalue weighted by Crippen LogP contribution is -2.41. The van der Waals surface area contributed by atoms with Crippen molar-refractivity contribution < 1.29 is 9.90 Å². The lowest BCUT2D eigenvalue weighted by Gasteiger charge is -2.17. The molecule has 90 valence electrons. The van der Waals surface area contributed by atoms with E-state index in [2.05, 4.69) is 5.32 Å². The van der Waals surface area contributed by atoms with Crippen molar-refractivity contribution in [2.75, 3.05) is 13.2 Å². The Bertz CT molecular complexity index is 411. The van der Waals surface area contributed by atoms with E-state index in [4.69, 9.17) is 10.4 Å². The summed E-state index contributed by atoms with van der Waals surface area (Å²) in [5.41, 5.74) is -0.230. The van der Waals surface area contributed by atoms with Gasteiger partial charge in [0.15, 0.2) is 5.41 Å². The maximum absolute atomic E-state index is 11.6. The van der Waals surface area contributed by atoms with Crippen LogP contribution in [-0.4, -0.2) is 24.2 Å². The number of hydrogen-bond donors (Lipinski definition) is 2. The summed E-state index contributed by atoms with van der Waals surface area (Å²) in [6.45, 7) is 1.41. The lowest BCUT2D eigenvalue weighted by atomic mass is 9.93. The maximum atomic E-state index is 11.6. The van der Waals surface area contributed by atoms with E-state index in [-0.39, 0.29) is 0 Å². The Balaban J connectivity index is 2.42. The molecular formula is C13H16N2O2. The molecule has 0 aliphatic carbocycles. The molecule has 0 bridgehead atoms. The predicted molar refractivity (Wildman–Crippen MR) is 64.0 cm³/mol. The van der Waals surface area contributed by atoms with Crippen molar-refractivity contribution in [1.82, 2.24) is 5.32 Å². The Labute approximate surface area is 101 Å². The summed E-state index contributed by atoms with van der Waals surface area (Å²) >= 11 is 0. The summed E-state index contributed by atoms with van der Waals surface area (Å²) in [5, 5.41) is 20.4. The highest BCUT2D eigenvalue weighted by atomic mass is 16.3. The number of hydrogen-bond acceptors (Lipinski definition) is 3. The van der Waals surface area contributed by atoms with Gasteiger partial charge in [-0.05, 0) is 18.9 Å². The van der Waals surface area contributed by atoms with Gasteiger partial charge in [-0.3, -0.25) is 4.79 Å². The number of aliphatic hydroxyl groups is 1. The fourth-order valence-electron chi connectivity index (χ4n) is 1.32. The van der Waals surface area contributed by atoms with Crippen molar-refractivity contribution in [3.63, 3.8) is 0 Å². The van der Waals surface area contributed by atoms with Gasteiger partial charge in [0.25, 0.3) is 0 Å². The van der Waals surface area contributed by atoms with Crippen LogP contribution >= 0.6 is 0 Å². The molecule has 0 spiro atoms. The van der Waals surface area contributed by atoms with E-state index in [9.17, 15) is 4.79 Å². The third-order valence-electron chi connectivity index (χ3n) is 2.61. The molecule has 0 aromatic heterocycles. The molecule has 0 fully saturated rings. The van der Waals surface area contributed by atoms with E-state index in [1.165, 1.54) is 6.92 Å². The summed E-state index contributed by atoms with van der Waals surface area (Å²) < 4.78 is 0. The zero-order chi connectivity index (χ0) is 12.7. The Hall–Kier alpha value is -1.86. The predicted octanol–water partition coefficient (Wildman–Crippen LogP) is 0.867. The fourth-order valence-corrected chi connectivity index (χ4v) is 1.32. The van der Waals surface area contributed by atoms with Crippen molar-refractivity contribution in [3.05, 3.63) is 35.9 Å². The van der Waals surface area contributed by atoms with E-state index in [1.807, 2.05) is 36.4 Å². The average Bonchev–Trinajstić information content (AvgIpc) is 2.39. The highest BCUT2D eigenvalue weighted by molar-refractivity contribution is 5.85. The van der Waals surface area contributed by atoms with E-state index < -0.39 is 17.9 Å². The molecule has 4 nitrogen and oxygen atoms in total. The number of nitrogens with one attached hydrogen (secondary N) is 1. The van der Waals surface area contributed by atoms with Gasteiger partial charge in [0.05, 0.1) is 12.7 Å². The first-order valence-electron chi connectivity index (χ1n) is 5.47. The smallest absolute Gasteiger partial charge is 0.242 e.